The standard InChI is InChI=1S/C21H21ClN2O3S2/c1-13-6-5-7-14(2)20(13)24-17-11-29(26,27)12-18(17)28-21(24)23-19(25)10-15-8-3-4-9-16(15)22/h3-9,17-18H,10-12H2,1-2H3. The van der Waals surface area contributed by atoms with Crippen LogP contribution >= 0.6 is 23.4 Å². The maximum Gasteiger partial charge on any atom is 0.252 e. The van der Waals surface area contributed by atoms with Gasteiger partial charge in [0, 0.05) is 16.0 Å². The van der Waals surface area contributed by atoms with E-state index in [1.54, 1.807) is 6.07 Å². The maximum absolute atomic E-state index is 12.7. The van der Waals surface area contributed by atoms with Gasteiger partial charge in [0.2, 0.25) is 0 Å². The van der Waals surface area contributed by atoms with Crippen LogP contribution in [0, 0.1) is 13.8 Å². The third-order valence-corrected chi connectivity index (χ3v) is 8.85. The Morgan fingerprint density at radius 3 is 2.52 bits per heavy atom. The molecule has 0 aromatic heterocycles. The van der Waals surface area contributed by atoms with Crippen LogP contribution in [0.3, 0.4) is 0 Å². The fourth-order valence-corrected chi connectivity index (χ4v) is 8.08. The van der Waals surface area contributed by atoms with Gasteiger partial charge in [0.1, 0.15) is 0 Å². The Kier molecular flexibility index (Phi) is 5.48. The molecule has 8 heteroatoms. The molecule has 2 aromatic rings. The zero-order valence-electron chi connectivity index (χ0n) is 16.1. The van der Waals surface area contributed by atoms with E-state index in [-0.39, 0.29) is 35.1 Å². The molecule has 0 aliphatic carbocycles. The molecule has 4 rings (SSSR count). The lowest BCUT2D eigenvalue weighted by molar-refractivity contribution is -0.117. The number of thioether (sulfide) groups is 1. The second kappa shape index (κ2) is 7.78. The van der Waals surface area contributed by atoms with E-state index in [1.165, 1.54) is 11.8 Å². The number of halogens is 1. The Labute approximate surface area is 180 Å². The number of aliphatic imine (C=N–C) groups is 1. The molecule has 0 radical (unpaired) electrons. The van der Waals surface area contributed by atoms with E-state index in [0.717, 1.165) is 22.4 Å². The van der Waals surface area contributed by atoms with Gasteiger partial charge in [0.15, 0.2) is 15.0 Å². The molecular formula is C21H21ClN2O3S2. The smallest absolute Gasteiger partial charge is 0.252 e. The molecule has 5 nitrogen and oxygen atoms in total. The quantitative estimate of drug-likeness (QED) is 0.714. The van der Waals surface area contributed by atoms with Gasteiger partial charge in [-0.1, -0.05) is 59.8 Å². The molecule has 2 aromatic carbocycles. The van der Waals surface area contributed by atoms with E-state index in [2.05, 4.69) is 4.99 Å². The molecule has 2 atom stereocenters. The molecule has 0 bridgehead atoms. The van der Waals surface area contributed by atoms with Crippen molar-refractivity contribution in [2.24, 2.45) is 4.99 Å². The molecule has 2 aliphatic rings. The minimum absolute atomic E-state index is 0.0795. The van der Waals surface area contributed by atoms with Crippen molar-refractivity contribution in [3.63, 3.8) is 0 Å². The highest BCUT2D eigenvalue weighted by molar-refractivity contribution is 8.16. The Morgan fingerprint density at radius 1 is 1.14 bits per heavy atom. The van der Waals surface area contributed by atoms with E-state index in [4.69, 9.17) is 11.6 Å². The van der Waals surface area contributed by atoms with E-state index in [0.29, 0.717) is 10.2 Å². The second-order valence-electron chi connectivity index (χ2n) is 7.47. The molecule has 2 heterocycles. The fourth-order valence-electron chi connectivity index (χ4n) is 3.96. The number of nitrogens with zero attached hydrogens (tertiary/aromatic N) is 2. The fraction of sp³-hybridized carbons (Fsp3) is 0.333. The number of anilines is 1. The molecule has 0 saturated carbocycles. The van der Waals surface area contributed by atoms with Crippen LogP contribution in [-0.4, -0.2) is 42.3 Å². The maximum atomic E-state index is 12.7. The highest BCUT2D eigenvalue weighted by Gasteiger charge is 2.49. The zero-order valence-corrected chi connectivity index (χ0v) is 18.5. The summed E-state index contributed by atoms with van der Waals surface area (Å²) < 4.78 is 24.5. The summed E-state index contributed by atoms with van der Waals surface area (Å²) in [6.07, 6.45) is 0.109. The van der Waals surface area contributed by atoms with Crippen molar-refractivity contribution in [2.45, 2.75) is 31.6 Å². The number of benzene rings is 2. The Balaban J connectivity index is 1.71. The van der Waals surface area contributed by atoms with Crippen LogP contribution in [0.1, 0.15) is 16.7 Å². The molecule has 29 heavy (non-hydrogen) atoms. The third-order valence-electron chi connectivity index (χ3n) is 5.27. The third kappa shape index (κ3) is 4.09. The Bertz CT molecular complexity index is 1090. The van der Waals surface area contributed by atoms with Gasteiger partial charge in [-0.05, 0) is 36.6 Å². The molecule has 1 amide bonds. The number of sulfone groups is 1. The van der Waals surface area contributed by atoms with Gasteiger partial charge in [0.25, 0.3) is 5.91 Å². The van der Waals surface area contributed by atoms with Crippen molar-refractivity contribution >= 4 is 50.0 Å². The van der Waals surface area contributed by atoms with E-state index in [1.807, 2.05) is 55.1 Å². The summed E-state index contributed by atoms with van der Waals surface area (Å²) in [7, 11) is -3.10. The summed E-state index contributed by atoms with van der Waals surface area (Å²) in [5.74, 6) is -0.0999. The number of aryl methyl sites for hydroxylation is 2. The zero-order chi connectivity index (χ0) is 20.8. The normalized spacial score (nSPS) is 24.1. The highest BCUT2D eigenvalue weighted by Crippen LogP contribution is 2.43. The number of hydrogen-bond donors (Lipinski definition) is 0. The monoisotopic (exact) mass is 448 g/mol. The minimum Gasteiger partial charge on any atom is -0.315 e. The molecule has 0 spiro atoms. The van der Waals surface area contributed by atoms with Crippen molar-refractivity contribution in [3.8, 4) is 0 Å². The Hall–Kier alpha value is -1.83. The van der Waals surface area contributed by atoms with E-state index in [9.17, 15) is 13.2 Å². The van der Waals surface area contributed by atoms with Crippen LogP contribution in [0.15, 0.2) is 47.5 Å². The first kappa shape index (κ1) is 20.4. The van der Waals surface area contributed by atoms with Crippen molar-refractivity contribution in [1.82, 2.24) is 0 Å². The summed E-state index contributed by atoms with van der Waals surface area (Å²) in [6, 6.07) is 13.0. The molecule has 2 saturated heterocycles. The summed E-state index contributed by atoms with van der Waals surface area (Å²) in [6.45, 7) is 3.99. The van der Waals surface area contributed by atoms with Gasteiger partial charge in [-0.2, -0.15) is 4.99 Å². The number of carbonyl (C=O) groups is 1. The largest absolute Gasteiger partial charge is 0.315 e. The molecule has 2 fully saturated rings. The van der Waals surface area contributed by atoms with Crippen LogP contribution in [-0.2, 0) is 21.1 Å². The van der Waals surface area contributed by atoms with Gasteiger partial charge in [-0.25, -0.2) is 8.42 Å². The predicted octanol–water partition coefficient (Wildman–Crippen LogP) is 3.80. The van der Waals surface area contributed by atoms with Gasteiger partial charge in [-0.15, -0.1) is 0 Å². The van der Waals surface area contributed by atoms with E-state index >= 15 is 0 Å². The lowest BCUT2D eigenvalue weighted by Crippen LogP contribution is -2.38. The van der Waals surface area contributed by atoms with Crippen LogP contribution in [0.2, 0.25) is 5.02 Å². The average Bonchev–Trinajstić information content (AvgIpc) is 3.09. The van der Waals surface area contributed by atoms with Gasteiger partial charge in [-0.3, -0.25) is 4.79 Å². The van der Waals surface area contributed by atoms with Gasteiger partial charge >= 0.3 is 0 Å². The van der Waals surface area contributed by atoms with Crippen LogP contribution in [0.5, 0.6) is 0 Å². The first-order valence-electron chi connectivity index (χ1n) is 9.32. The number of rotatable bonds is 3. The van der Waals surface area contributed by atoms with Gasteiger partial charge < -0.3 is 4.90 Å². The Morgan fingerprint density at radius 2 is 1.83 bits per heavy atom. The second-order valence-corrected chi connectivity index (χ2v) is 11.2. The summed E-state index contributed by atoms with van der Waals surface area (Å²) in [4.78, 5) is 19.1. The summed E-state index contributed by atoms with van der Waals surface area (Å²) in [5, 5.41) is 0.991. The van der Waals surface area contributed by atoms with Crippen molar-refractivity contribution in [1.29, 1.82) is 0 Å². The lowest BCUT2D eigenvalue weighted by Gasteiger charge is -2.28. The first-order valence-corrected chi connectivity index (χ1v) is 12.4. The van der Waals surface area contributed by atoms with Crippen LogP contribution in [0.4, 0.5) is 5.69 Å². The van der Waals surface area contributed by atoms with Crippen molar-refractivity contribution < 1.29 is 13.2 Å². The molecular weight excluding hydrogens is 428 g/mol. The van der Waals surface area contributed by atoms with Crippen LogP contribution < -0.4 is 4.90 Å². The topological polar surface area (TPSA) is 66.8 Å². The van der Waals surface area contributed by atoms with Crippen molar-refractivity contribution in [2.75, 3.05) is 16.4 Å². The first-order chi connectivity index (χ1) is 13.7. The van der Waals surface area contributed by atoms with Gasteiger partial charge in [0.05, 0.1) is 24.0 Å². The molecule has 2 aliphatic heterocycles. The highest BCUT2D eigenvalue weighted by atomic mass is 35.5. The van der Waals surface area contributed by atoms with Crippen molar-refractivity contribution in [3.05, 3.63) is 64.2 Å². The SMILES string of the molecule is Cc1cccc(C)c1N1C(=NC(=O)Cc2ccccc2Cl)SC2CS(=O)(=O)CC21. The number of carbonyl (C=O) groups excluding carboxylic acids is 1. The number of amidine groups is 1. The number of fused-ring (bicyclic) bond motifs is 1. The van der Waals surface area contributed by atoms with E-state index < -0.39 is 9.84 Å². The minimum atomic E-state index is -3.10. The number of hydrogen-bond acceptors (Lipinski definition) is 4. The summed E-state index contributed by atoms with van der Waals surface area (Å²) >= 11 is 7.57. The average molecular weight is 449 g/mol. The predicted molar refractivity (Wildman–Crippen MR) is 120 cm³/mol. The lowest BCUT2D eigenvalue weighted by atomic mass is 10.1. The number of amides is 1. The van der Waals surface area contributed by atoms with Crippen LogP contribution in [0.25, 0.3) is 0 Å². The summed E-state index contributed by atoms with van der Waals surface area (Å²) in [5.41, 5.74) is 3.73. The molecule has 2 unspecified atom stereocenters. The number of para-hydroxylation sites is 1. The molecule has 0 N–H and O–H groups in total. The molecule has 152 valence electrons.